The van der Waals surface area contributed by atoms with Crippen molar-refractivity contribution in [3.05, 3.63) is 59.9 Å². The third-order valence-electron chi connectivity index (χ3n) is 9.29. The van der Waals surface area contributed by atoms with Crippen molar-refractivity contribution < 1.29 is 10.2 Å². The molecule has 2 N–H and O–H groups in total. The van der Waals surface area contributed by atoms with Crippen LogP contribution in [0, 0.1) is 23.2 Å². The fourth-order valence-electron chi connectivity index (χ4n) is 7.54. The van der Waals surface area contributed by atoms with Gasteiger partial charge in [0.05, 0.1) is 11.7 Å². The maximum atomic E-state index is 12.2. The zero-order valence-electron chi connectivity index (χ0n) is 18.4. The summed E-state index contributed by atoms with van der Waals surface area (Å²) in [6.07, 6.45) is 16.3. The van der Waals surface area contributed by atoms with Crippen LogP contribution in [0.4, 0.5) is 0 Å². The molecule has 0 amide bonds. The lowest BCUT2D eigenvalue weighted by molar-refractivity contribution is -0.0357. The predicted molar refractivity (Wildman–Crippen MR) is 124 cm³/mol. The van der Waals surface area contributed by atoms with Crippen molar-refractivity contribution >= 4 is 16.3 Å². The van der Waals surface area contributed by atoms with Crippen molar-refractivity contribution in [2.45, 2.75) is 70.0 Å². The number of aliphatic hydroxyl groups is 2. The highest BCUT2D eigenvalue weighted by Crippen LogP contribution is 2.62. The highest BCUT2D eigenvalue weighted by molar-refractivity contribution is 5.87. The van der Waals surface area contributed by atoms with Crippen LogP contribution in [0.5, 0.6) is 0 Å². The van der Waals surface area contributed by atoms with Gasteiger partial charge < -0.3 is 10.2 Å². The lowest BCUT2D eigenvalue weighted by atomic mass is 9.58. The molecule has 1 heterocycles. The number of rotatable bonds is 1. The normalized spacial score (nSPS) is 39.7. The molecule has 4 aliphatic rings. The molecule has 6 rings (SSSR count). The Labute approximate surface area is 184 Å². The zero-order valence-corrected chi connectivity index (χ0v) is 18.4. The Morgan fingerprint density at radius 1 is 1.03 bits per heavy atom. The van der Waals surface area contributed by atoms with Gasteiger partial charge in [0.2, 0.25) is 0 Å². The SMILES string of the molecule is CC12CC=C3CC4CC(O)CCC4CC[C@]3(O)C1CC=C2c1ccc2ccncc2c1. The van der Waals surface area contributed by atoms with Crippen molar-refractivity contribution in [2.24, 2.45) is 23.2 Å². The third-order valence-corrected chi connectivity index (χ3v) is 9.29. The number of fused-ring (bicyclic) bond motifs is 5. The average Bonchev–Trinajstić information content (AvgIpc) is 3.06. The second kappa shape index (κ2) is 7.02. The number of allylic oxidation sites excluding steroid dienone is 3. The summed E-state index contributed by atoms with van der Waals surface area (Å²) >= 11 is 0. The van der Waals surface area contributed by atoms with Crippen LogP contribution >= 0.6 is 0 Å². The van der Waals surface area contributed by atoms with Crippen LogP contribution < -0.4 is 0 Å². The van der Waals surface area contributed by atoms with E-state index in [0.717, 1.165) is 51.4 Å². The van der Waals surface area contributed by atoms with Crippen LogP contribution in [0.25, 0.3) is 16.3 Å². The van der Waals surface area contributed by atoms with E-state index in [9.17, 15) is 10.2 Å². The molecule has 31 heavy (non-hydrogen) atoms. The number of nitrogens with zero attached hydrogens (tertiary/aromatic N) is 1. The van der Waals surface area contributed by atoms with Gasteiger partial charge in [-0.3, -0.25) is 4.98 Å². The molecule has 0 aliphatic heterocycles. The Bertz CT molecular complexity index is 1090. The Hall–Kier alpha value is -1.97. The molecule has 0 spiro atoms. The summed E-state index contributed by atoms with van der Waals surface area (Å²) in [7, 11) is 0. The molecule has 6 atom stereocenters. The molecule has 3 heteroatoms. The number of aliphatic hydroxyl groups excluding tert-OH is 1. The summed E-state index contributed by atoms with van der Waals surface area (Å²) in [5.41, 5.74) is 3.20. The van der Waals surface area contributed by atoms with E-state index in [1.54, 1.807) is 0 Å². The topological polar surface area (TPSA) is 53.4 Å². The largest absolute Gasteiger partial charge is 0.393 e. The van der Waals surface area contributed by atoms with E-state index < -0.39 is 5.60 Å². The van der Waals surface area contributed by atoms with Gasteiger partial charge in [-0.15, -0.1) is 0 Å². The molecule has 2 fully saturated rings. The van der Waals surface area contributed by atoms with E-state index >= 15 is 0 Å². The van der Waals surface area contributed by atoms with Crippen LogP contribution in [0.1, 0.15) is 63.9 Å². The maximum Gasteiger partial charge on any atom is 0.0896 e. The summed E-state index contributed by atoms with van der Waals surface area (Å²) in [6.45, 7) is 2.37. The zero-order chi connectivity index (χ0) is 21.2. The molecule has 0 saturated heterocycles. The number of hydrogen-bond acceptors (Lipinski definition) is 3. The molecule has 2 saturated carbocycles. The summed E-state index contributed by atoms with van der Waals surface area (Å²) in [5, 5.41) is 24.8. The first-order valence-electron chi connectivity index (χ1n) is 12.1. The quantitative estimate of drug-likeness (QED) is 0.590. The number of hydrogen-bond donors (Lipinski definition) is 2. The fourth-order valence-corrected chi connectivity index (χ4v) is 7.54. The van der Waals surface area contributed by atoms with Crippen LogP contribution in [0.2, 0.25) is 0 Å². The molecule has 0 radical (unpaired) electrons. The average molecular weight is 416 g/mol. The Balaban J connectivity index is 1.35. The lowest BCUT2D eigenvalue weighted by Crippen LogP contribution is -2.48. The first-order valence-corrected chi connectivity index (χ1v) is 12.1. The van der Waals surface area contributed by atoms with Crippen molar-refractivity contribution in [1.29, 1.82) is 0 Å². The lowest BCUT2D eigenvalue weighted by Gasteiger charge is -2.49. The van der Waals surface area contributed by atoms with E-state index in [1.807, 2.05) is 12.4 Å². The molecule has 0 bridgehead atoms. The molecule has 3 nitrogen and oxygen atoms in total. The summed E-state index contributed by atoms with van der Waals surface area (Å²) in [6, 6.07) is 8.78. The molecule has 1 aromatic carbocycles. The summed E-state index contributed by atoms with van der Waals surface area (Å²) in [4.78, 5) is 4.31. The van der Waals surface area contributed by atoms with E-state index in [4.69, 9.17) is 0 Å². The van der Waals surface area contributed by atoms with Gasteiger partial charge in [-0.1, -0.05) is 31.2 Å². The predicted octanol–water partition coefficient (Wildman–Crippen LogP) is 5.67. The first-order chi connectivity index (χ1) is 15.0. The van der Waals surface area contributed by atoms with Crippen LogP contribution in [-0.4, -0.2) is 26.9 Å². The Morgan fingerprint density at radius 3 is 2.84 bits per heavy atom. The molecular formula is C28H33NO2. The number of aromatic nitrogens is 1. The second-order valence-electron chi connectivity index (χ2n) is 10.8. The highest BCUT2D eigenvalue weighted by atomic mass is 16.3. The van der Waals surface area contributed by atoms with Gasteiger partial charge in [0.15, 0.2) is 0 Å². The molecule has 5 unspecified atom stereocenters. The van der Waals surface area contributed by atoms with Gasteiger partial charge in [-0.2, -0.15) is 0 Å². The van der Waals surface area contributed by atoms with Crippen LogP contribution in [0.3, 0.4) is 0 Å². The van der Waals surface area contributed by atoms with Gasteiger partial charge in [0.1, 0.15) is 0 Å². The van der Waals surface area contributed by atoms with Crippen molar-refractivity contribution in [2.75, 3.05) is 0 Å². The van der Waals surface area contributed by atoms with Crippen LogP contribution in [0.15, 0.2) is 54.4 Å². The van der Waals surface area contributed by atoms with Gasteiger partial charge in [-0.25, -0.2) is 0 Å². The van der Waals surface area contributed by atoms with E-state index in [2.05, 4.69) is 48.3 Å². The standard InChI is InChI=1S/C28H33NO2/c1-27-11-9-23-15-21-16-24(30)5-4-18(21)8-12-28(23,31)26(27)7-6-25(27)20-3-2-19-10-13-29-17-22(19)14-20/h2-3,6,9-10,13-14,17-18,21,24,26,30-31H,4-5,7-8,11-12,15-16H2,1H3/t18?,21?,24?,26?,27?,28-/m1/s1. The van der Waals surface area contributed by atoms with Gasteiger partial charge in [-0.05, 0) is 97.4 Å². The first kappa shape index (κ1) is 19.7. The Kier molecular flexibility index (Phi) is 4.46. The molecule has 162 valence electrons. The molecule has 2 aromatic rings. The van der Waals surface area contributed by atoms with Crippen molar-refractivity contribution in [1.82, 2.24) is 4.98 Å². The fraction of sp³-hybridized carbons (Fsp3) is 0.536. The molecule has 4 aliphatic carbocycles. The minimum absolute atomic E-state index is 0.0385. The smallest absolute Gasteiger partial charge is 0.0896 e. The minimum Gasteiger partial charge on any atom is -0.393 e. The van der Waals surface area contributed by atoms with Gasteiger partial charge >= 0.3 is 0 Å². The maximum absolute atomic E-state index is 12.2. The molecule has 1 aromatic heterocycles. The summed E-state index contributed by atoms with van der Waals surface area (Å²) in [5.74, 6) is 1.44. The Morgan fingerprint density at radius 2 is 1.94 bits per heavy atom. The molecular weight excluding hydrogens is 382 g/mol. The van der Waals surface area contributed by atoms with E-state index in [0.29, 0.717) is 11.8 Å². The second-order valence-corrected chi connectivity index (χ2v) is 10.8. The van der Waals surface area contributed by atoms with E-state index in [-0.39, 0.29) is 17.4 Å². The number of benzene rings is 1. The van der Waals surface area contributed by atoms with E-state index in [1.165, 1.54) is 27.5 Å². The number of pyridine rings is 1. The summed E-state index contributed by atoms with van der Waals surface area (Å²) < 4.78 is 0. The van der Waals surface area contributed by atoms with Gasteiger partial charge in [0, 0.05) is 29.1 Å². The van der Waals surface area contributed by atoms with Crippen LogP contribution in [-0.2, 0) is 0 Å². The third kappa shape index (κ3) is 2.97. The van der Waals surface area contributed by atoms with Crippen molar-refractivity contribution in [3.8, 4) is 0 Å². The monoisotopic (exact) mass is 415 g/mol. The minimum atomic E-state index is -0.702. The highest BCUT2D eigenvalue weighted by Gasteiger charge is 2.56. The van der Waals surface area contributed by atoms with Gasteiger partial charge in [0.25, 0.3) is 0 Å². The van der Waals surface area contributed by atoms with Crippen molar-refractivity contribution in [3.63, 3.8) is 0 Å².